The number of rotatable bonds is 4. The number of nitrogens with zero attached hydrogens (tertiary/aromatic N) is 2. The Hall–Kier alpha value is -2.03. The summed E-state index contributed by atoms with van der Waals surface area (Å²) in [6.45, 7) is 1.90. The summed E-state index contributed by atoms with van der Waals surface area (Å²) in [5.74, 6) is -1.02. The van der Waals surface area contributed by atoms with Crippen LogP contribution in [0.25, 0.3) is 10.2 Å². The third kappa shape index (κ3) is 3.12. The molecular weight excluding hydrogens is 382 g/mol. The molecular formula is C16H14ClN3O3S2. The van der Waals surface area contributed by atoms with Crippen molar-refractivity contribution in [3.63, 3.8) is 0 Å². The fraction of sp³-hybridized carbons (Fsp3) is 0.188. The Balaban J connectivity index is 2.29. The molecule has 130 valence electrons. The number of benzene rings is 1. The molecule has 0 aliphatic carbocycles. The molecule has 0 radical (unpaired) electrons. The standard InChI is InChI=1S/C16H14ClN3O3S2/c1-7-4-5-9(8(17)6-7)18-13-10(15(22)23)11-12(14(21)20(13)2)25-16(19-11)24-3/h4-6,18H,1-3H3,(H,22,23). The fourth-order valence-electron chi connectivity index (χ4n) is 2.43. The SMILES string of the molecule is CSc1nc2c(C(=O)O)c(Nc3ccc(C)cc3Cl)n(C)c(=O)c2s1. The molecule has 2 N–H and O–H groups in total. The molecule has 0 unspecified atom stereocenters. The van der Waals surface area contributed by atoms with Gasteiger partial charge >= 0.3 is 5.97 Å². The van der Waals surface area contributed by atoms with Gasteiger partial charge in [0.1, 0.15) is 21.6 Å². The Bertz CT molecular complexity index is 1060. The molecule has 0 fully saturated rings. The summed E-state index contributed by atoms with van der Waals surface area (Å²) in [5.41, 5.74) is 1.33. The van der Waals surface area contributed by atoms with Crippen molar-refractivity contribution in [2.45, 2.75) is 11.3 Å². The number of nitrogens with one attached hydrogen (secondary N) is 1. The number of carbonyl (C=O) groups is 1. The van der Waals surface area contributed by atoms with Crippen LogP contribution in [0.3, 0.4) is 0 Å². The Morgan fingerprint density at radius 1 is 1.44 bits per heavy atom. The molecule has 0 aliphatic heterocycles. The van der Waals surface area contributed by atoms with Gasteiger partial charge in [0, 0.05) is 7.05 Å². The average molecular weight is 396 g/mol. The van der Waals surface area contributed by atoms with Crippen molar-refractivity contribution in [3.05, 3.63) is 44.7 Å². The summed E-state index contributed by atoms with van der Waals surface area (Å²) in [6, 6.07) is 5.35. The maximum Gasteiger partial charge on any atom is 0.341 e. The Kier molecular flexibility index (Phi) is 4.77. The zero-order valence-electron chi connectivity index (χ0n) is 13.6. The predicted molar refractivity (Wildman–Crippen MR) is 103 cm³/mol. The lowest BCUT2D eigenvalue weighted by atomic mass is 10.2. The van der Waals surface area contributed by atoms with Gasteiger partial charge in [-0.3, -0.25) is 9.36 Å². The molecule has 25 heavy (non-hydrogen) atoms. The monoisotopic (exact) mass is 395 g/mol. The highest BCUT2D eigenvalue weighted by Gasteiger charge is 2.24. The van der Waals surface area contributed by atoms with Crippen LogP contribution in [0, 0.1) is 6.92 Å². The van der Waals surface area contributed by atoms with Crippen molar-refractivity contribution >= 4 is 62.4 Å². The Labute approximate surface area is 156 Å². The van der Waals surface area contributed by atoms with E-state index in [1.54, 1.807) is 12.1 Å². The molecule has 0 saturated heterocycles. The zero-order chi connectivity index (χ0) is 18.3. The molecule has 0 aliphatic rings. The summed E-state index contributed by atoms with van der Waals surface area (Å²) in [6.07, 6.45) is 1.83. The van der Waals surface area contributed by atoms with E-state index in [0.29, 0.717) is 19.7 Å². The van der Waals surface area contributed by atoms with Crippen LogP contribution in [0.1, 0.15) is 15.9 Å². The molecule has 2 heterocycles. The van der Waals surface area contributed by atoms with Crippen molar-refractivity contribution in [1.82, 2.24) is 9.55 Å². The topological polar surface area (TPSA) is 84.2 Å². The van der Waals surface area contributed by atoms with Gasteiger partial charge in [-0.05, 0) is 30.9 Å². The molecule has 6 nitrogen and oxygen atoms in total. The number of halogens is 1. The minimum atomic E-state index is -1.16. The highest BCUT2D eigenvalue weighted by Crippen LogP contribution is 2.33. The van der Waals surface area contributed by atoms with E-state index >= 15 is 0 Å². The second-order valence-corrected chi connectivity index (χ2v) is 7.82. The number of thioether (sulfide) groups is 1. The summed E-state index contributed by atoms with van der Waals surface area (Å²) >= 11 is 8.79. The largest absolute Gasteiger partial charge is 0.477 e. The highest BCUT2D eigenvalue weighted by molar-refractivity contribution is 8.00. The smallest absolute Gasteiger partial charge is 0.341 e. The number of aryl methyl sites for hydroxylation is 1. The number of hydrogen-bond acceptors (Lipinski definition) is 6. The minimum absolute atomic E-state index is 0.0507. The number of anilines is 2. The van der Waals surface area contributed by atoms with Crippen LogP contribution >= 0.6 is 34.7 Å². The number of fused-ring (bicyclic) bond motifs is 1. The lowest BCUT2D eigenvalue weighted by molar-refractivity contribution is 0.0699. The third-order valence-electron chi connectivity index (χ3n) is 3.68. The van der Waals surface area contributed by atoms with E-state index in [-0.39, 0.29) is 22.5 Å². The maximum absolute atomic E-state index is 12.6. The number of aromatic carboxylic acids is 1. The van der Waals surface area contributed by atoms with Crippen LogP contribution < -0.4 is 10.9 Å². The number of aromatic nitrogens is 2. The molecule has 0 atom stereocenters. The predicted octanol–water partition coefficient (Wildman–Crippen LogP) is 4.12. The molecule has 3 aromatic rings. The lowest BCUT2D eigenvalue weighted by Gasteiger charge is -2.15. The summed E-state index contributed by atoms with van der Waals surface area (Å²) < 4.78 is 2.24. The quantitative estimate of drug-likeness (QED) is 0.646. The van der Waals surface area contributed by atoms with Crippen LogP contribution in [-0.4, -0.2) is 26.9 Å². The molecule has 2 aromatic heterocycles. The van der Waals surface area contributed by atoms with Crippen LogP contribution in [0.4, 0.5) is 11.5 Å². The molecule has 9 heteroatoms. The first-order valence-electron chi connectivity index (χ1n) is 7.17. The first kappa shape index (κ1) is 17.8. The maximum atomic E-state index is 12.6. The van der Waals surface area contributed by atoms with Crippen molar-refractivity contribution in [3.8, 4) is 0 Å². The van der Waals surface area contributed by atoms with E-state index in [1.165, 1.54) is 34.7 Å². The lowest BCUT2D eigenvalue weighted by Crippen LogP contribution is -2.22. The van der Waals surface area contributed by atoms with Crippen LogP contribution in [0.15, 0.2) is 27.3 Å². The molecule has 0 amide bonds. The second kappa shape index (κ2) is 6.70. The Morgan fingerprint density at radius 2 is 2.16 bits per heavy atom. The minimum Gasteiger partial charge on any atom is -0.477 e. The molecule has 0 saturated carbocycles. The van der Waals surface area contributed by atoms with E-state index in [0.717, 1.165) is 5.56 Å². The van der Waals surface area contributed by atoms with Gasteiger partial charge in [0.15, 0.2) is 4.34 Å². The second-order valence-electron chi connectivity index (χ2n) is 5.36. The van der Waals surface area contributed by atoms with Gasteiger partial charge in [0.05, 0.1) is 10.7 Å². The van der Waals surface area contributed by atoms with Gasteiger partial charge in [-0.1, -0.05) is 29.4 Å². The number of thiazole rings is 1. The van der Waals surface area contributed by atoms with Gasteiger partial charge in [-0.2, -0.15) is 0 Å². The Morgan fingerprint density at radius 3 is 2.76 bits per heavy atom. The number of carboxylic acid groups (broad SMARTS) is 1. The van der Waals surface area contributed by atoms with E-state index in [2.05, 4.69) is 10.3 Å². The third-order valence-corrected chi connectivity index (χ3v) is 6.02. The highest BCUT2D eigenvalue weighted by atomic mass is 35.5. The fourth-order valence-corrected chi connectivity index (χ4v) is 4.26. The number of hydrogen-bond donors (Lipinski definition) is 2. The van der Waals surface area contributed by atoms with Crippen molar-refractivity contribution in [2.24, 2.45) is 7.05 Å². The van der Waals surface area contributed by atoms with Crippen molar-refractivity contribution in [1.29, 1.82) is 0 Å². The summed E-state index contributed by atoms with van der Waals surface area (Å²) in [5, 5.41) is 13.1. The van der Waals surface area contributed by atoms with E-state index in [1.807, 2.05) is 19.2 Å². The zero-order valence-corrected chi connectivity index (χ0v) is 16.0. The van der Waals surface area contributed by atoms with Gasteiger partial charge in [-0.25, -0.2) is 9.78 Å². The normalized spacial score (nSPS) is 11.0. The van der Waals surface area contributed by atoms with Crippen LogP contribution in [0.5, 0.6) is 0 Å². The van der Waals surface area contributed by atoms with Crippen molar-refractivity contribution in [2.75, 3.05) is 11.6 Å². The summed E-state index contributed by atoms with van der Waals surface area (Å²) in [4.78, 5) is 28.8. The summed E-state index contributed by atoms with van der Waals surface area (Å²) in [7, 11) is 1.52. The van der Waals surface area contributed by atoms with E-state index in [9.17, 15) is 14.7 Å². The van der Waals surface area contributed by atoms with E-state index < -0.39 is 5.97 Å². The van der Waals surface area contributed by atoms with Crippen LogP contribution in [0.2, 0.25) is 5.02 Å². The van der Waals surface area contributed by atoms with Gasteiger partial charge in [0.2, 0.25) is 0 Å². The number of carboxylic acids is 1. The molecule has 0 spiro atoms. The molecule has 0 bridgehead atoms. The van der Waals surface area contributed by atoms with E-state index in [4.69, 9.17) is 11.6 Å². The van der Waals surface area contributed by atoms with Gasteiger partial charge < -0.3 is 10.4 Å². The first-order valence-corrected chi connectivity index (χ1v) is 9.59. The number of pyridine rings is 1. The average Bonchev–Trinajstić information content (AvgIpc) is 2.98. The van der Waals surface area contributed by atoms with Crippen molar-refractivity contribution < 1.29 is 9.90 Å². The molecule has 3 rings (SSSR count). The van der Waals surface area contributed by atoms with Crippen LogP contribution in [-0.2, 0) is 7.05 Å². The van der Waals surface area contributed by atoms with Gasteiger partial charge in [0.25, 0.3) is 5.56 Å². The first-order chi connectivity index (χ1) is 11.8. The van der Waals surface area contributed by atoms with Gasteiger partial charge in [-0.15, -0.1) is 11.3 Å². The molecule has 1 aromatic carbocycles.